The highest BCUT2D eigenvalue weighted by atomic mass is 32.2. The van der Waals surface area contributed by atoms with E-state index in [1.165, 1.54) is 23.9 Å². The molecular weight excluding hydrogens is 541 g/mol. The molecule has 6 nitrogen and oxygen atoms in total. The Kier molecular flexibility index (Phi) is 8.92. The Morgan fingerprint density at radius 3 is 2.05 bits per heavy atom. The SMILES string of the molecule is CC(C)(C)OC(=O)COc1ccc(C2C(SCC(=O)c3ccc(C(C)(C)C)cc3)C(=O)N2c2ccc(F)cc2)cc1. The molecule has 0 spiro atoms. The second kappa shape index (κ2) is 12.1. The highest BCUT2D eigenvalue weighted by molar-refractivity contribution is 8.01. The smallest absolute Gasteiger partial charge is 0.344 e. The lowest BCUT2D eigenvalue weighted by atomic mass is 9.86. The van der Waals surface area contributed by atoms with Gasteiger partial charge < -0.3 is 14.4 Å². The molecule has 0 bridgehead atoms. The van der Waals surface area contributed by atoms with Gasteiger partial charge in [-0.2, -0.15) is 0 Å². The quantitative estimate of drug-likeness (QED) is 0.156. The van der Waals surface area contributed by atoms with Crippen molar-refractivity contribution < 1.29 is 28.2 Å². The number of β-lactam (4-membered cyclic amide) rings is 1. The second-order valence-corrected chi connectivity index (χ2v) is 13.2. The third kappa shape index (κ3) is 7.55. The van der Waals surface area contributed by atoms with Gasteiger partial charge in [0.05, 0.1) is 11.8 Å². The fourth-order valence-electron chi connectivity index (χ4n) is 4.52. The molecule has 216 valence electrons. The number of amides is 1. The van der Waals surface area contributed by atoms with Crippen molar-refractivity contribution in [1.29, 1.82) is 0 Å². The van der Waals surface area contributed by atoms with E-state index >= 15 is 0 Å². The maximum atomic E-state index is 13.6. The summed E-state index contributed by atoms with van der Waals surface area (Å²) in [5, 5.41) is -0.494. The molecule has 1 amide bonds. The molecule has 0 aliphatic carbocycles. The number of hydrogen-bond acceptors (Lipinski definition) is 6. The Hall–Kier alpha value is -3.65. The van der Waals surface area contributed by atoms with Crippen LogP contribution in [0, 0.1) is 5.82 Å². The van der Waals surface area contributed by atoms with Crippen LogP contribution >= 0.6 is 11.8 Å². The zero-order valence-corrected chi connectivity index (χ0v) is 25.1. The predicted octanol–water partition coefficient (Wildman–Crippen LogP) is 6.92. The summed E-state index contributed by atoms with van der Waals surface area (Å²) in [6, 6.07) is 20.2. The molecule has 1 fully saturated rings. The standard InChI is InChI=1S/C33H36FNO5S/c1-32(2,3)23-11-7-21(8-12-23)27(36)20-41-30-29(35(31(30)38)25-15-13-24(34)14-16-25)22-9-17-26(18-10-22)39-19-28(37)40-33(4,5)6/h7-18,29-30H,19-20H2,1-6H3. The van der Waals surface area contributed by atoms with Gasteiger partial charge >= 0.3 is 5.97 Å². The van der Waals surface area contributed by atoms with Crippen molar-refractivity contribution in [1.82, 2.24) is 0 Å². The Balaban J connectivity index is 1.48. The highest BCUT2D eigenvalue weighted by Gasteiger charge is 2.49. The zero-order chi connectivity index (χ0) is 29.9. The molecule has 1 saturated heterocycles. The number of esters is 1. The summed E-state index contributed by atoms with van der Waals surface area (Å²) >= 11 is 1.30. The number of carbonyl (C=O) groups is 3. The summed E-state index contributed by atoms with van der Waals surface area (Å²) in [5.41, 5.74) is 2.54. The highest BCUT2D eigenvalue weighted by Crippen LogP contribution is 2.45. The van der Waals surface area contributed by atoms with Crippen molar-refractivity contribution in [2.75, 3.05) is 17.3 Å². The van der Waals surface area contributed by atoms with Crippen LogP contribution in [-0.2, 0) is 19.7 Å². The molecule has 0 saturated carbocycles. The van der Waals surface area contributed by atoms with Crippen LogP contribution in [0.25, 0.3) is 0 Å². The van der Waals surface area contributed by atoms with Crippen LogP contribution in [0.1, 0.15) is 69.1 Å². The molecule has 3 aromatic carbocycles. The van der Waals surface area contributed by atoms with Gasteiger partial charge in [-0.25, -0.2) is 9.18 Å². The van der Waals surface area contributed by atoms with Crippen LogP contribution in [0.3, 0.4) is 0 Å². The van der Waals surface area contributed by atoms with Crippen LogP contribution in [0.15, 0.2) is 72.8 Å². The molecule has 4 rings (SSSR count). The lowest BCUT2D eigenvalue weighted by molar-refractivity contribution is -0.157. The van der Waals surface area contributed by atoms with Crippen molar-refractivity contribution >= 4 is 35.1 Å². The number of hydrogen-bond donors (Lipinski definition) is 0. The molecule has 2 atom stereocenters. The Morgan fingerprint density at radius 1 is 0.878 bits per heavy atom. The number of rotatable bonds is 9. The largest absolute Gasteiger partial charge is 0.482 e. The lowest BCUT2D eigenvalue weighted by Crippen LogP contribution is -2.57. The number of benzene rings is 3. The molecule has 8 heteroatoms. The fourth-order valence-corrected chi connectivity index (χ4v) is 5.73. The van der Waals surface area contributed by atoms with Crippen molar-refractivity contribution in [3.05, 3.63) is 95.3 Å². The molecule has 1 heterocycles. The number of carbonyl (C=O) groups excluding carboxylic acids is 3. The van der Waals surface area contributed by atoms with E-state index in [1.54, 1.807) is 49.9 Å². The number of ether oxygens (including phenoxy) is 2. The Morgan fingerprint density at radius 2 is 1.49 bits per heavy atom. The van der Waals surface area contributed by atoms with E-state index in [2.05, 4.69) is 20.8 Å². The van der Waals surface area contributed by atoms with Crippen molar-refractivity contribution in [2.45, 2.75) is 63.9 Å². The Labute approximate surface area is 245 Å². The minimum absolute atomic E-state index is 0.0119. The normalized spacial score (nSPS) is 17.1. The first-order valence-electron chi connectivity index (χ1n) is 13.5. The monoisotopic (exact) mass is 577 g/mol. The van der Waals surface area contributed by atoms with Crippen molar-refractivity contribution in [2.24, 2.45) is 0 Å². The van der Waals surface area contributed by atoms with Gasteiger partial charge in [0.15, 0.2) is 12.4 Å². The number of thioether (sulfide) groups is 1. The molecular formula is C33H36FNO5S. The number of ketones is 1. The molecule has 2 unspecified atom stereocenters. The van der Waals surface area contributed by atoms with E-state index in [0.29, 0.717) is 17.0 Å². The number of halogens is 1. The first-order valence-corrected chi connectivity index (χ1v) is 14.6. The summed E-state index contributed by atoms with van der Waals surface area (Å²) in [4.78, 5) is 40.0. The average Bonchev–Trinajstić information content (AvgIpc) is 2.90. The van der Waals surface area contributed by atoms with Gasteiger partial charge in [-0.15, -0.1) is 11.8 Å². The van der Waals surface area contributed by atoms with E-state index in [9.17, 15) is 18.8 Å². The molecule has 1 aliphatic heterocycles. The van der Waals surface area contributed by atoms with Crippen molar-refractivity contribution in [3.8, 4) is 5.75 Å². The molecule has 41 heavy (non-hydrogen) atoms. The second-order valence-electron chi connectivity index (χ2n) is 12.1. The number of anilines is 1. The fraction of sp³-hybridized carbons (Fsp3) is 0.364. The van der Waals surface area contributed by atoms with Crippen molar-refractivity contribution in [3.63, 3.8) is 0 Å². The van der Waals surface area contributed by atoms with Crippen LogP contribution < -0.4 is 9.64 Å². The molecule has 0 N–H and O–H groups in total. The van der Waals surface area contributed by atoms with Gasteiger partial charge in [0.2, 0.25) is 5.91 Å². The average molecular weight is 578 g/mol. The van der Waals surface area contributed by atoms with E-state index in [0.717, 1.165) is 11.1 Å². The van der Waals surface area contributed by atoms with Gasteiger partial charge in [0.25, 0.3) is 0 Å². The minimum Gasteiger partial charge on any atom is -0.482 e. The van der Waals surface area contributed by atoms with E-state index in [-0.39, 0.29) is 35.5 Å². The maximum Gasteiger partial charge on any atom is 0.344 e. The Bertz CT molecular complexity index is 1390. The van der Waals surface area contributed by atoms with E-state index in [1.807, 2.05) is 36.4 Å². The number of nitrogens with zero attached hydrogens (tertiary/aromatic N) is 1. The molecule has 3 aromatic rings. The summed E-state index contributed by atoms with van der Waals surface area (Å²) in [6.45, 7) is 11.5. The van der Waals surface area contributed by atoms with Gasteiger partial charge in [-0.3, -0.25) is 9.59 Å². The summed E-state index contributed by atoms with van der Waals surface area (Å²) < 4.78 is 24.5. The van der Waals surface area contributed by atoms with Crippen LogP contribution in [0.4, 0.5) is 10.1 Å². The van der Waals surface area contributed by atoms with E-state index in [4.69, 9.17) is 9.47 Å². The van der Waals surface area contributed by atoms with E-state index < -0.39 is 22.6 Å². The first kappa shape index (κ1) is 30.3. The van der Waals surface area contributed by atoms with Crippen LogP contribution in [-0.4, -0.2) is 40.9 Å². The topological polar surface area (TPSA) is 72.9 Å². The van der Waals surface area contributed by atoms with Crippen LogP contribution in [0.2, 0.25) is 0 Å². The molecule has 0 aromatic heterocycles. The van der Waals surface area contributed by atoms with Gasteiger partial charge in [0, 0.05) is 11.3 Å². The number of Topliss-reactive ketones (excluding diaryl/α,β-unsaturated/α-hetero) is 1. The van der Waals surface area contributed by atoms with Crippen LogP contribution in [0.5, 0.6) is 5.75 Å². The van der Waals surface area contributed by atoms with Gasteiger partial charge in [-0.05, 0) is 73.7 Å². The maximum absolute atomic E-state index is 13.6. The summed E-state index contributed by atoms with van der Waals surface area (Å²) in [5.74, 6) is -0.421. The molecule has 1 aliphatic rings. The third-order valence-electron chi connectivity index (χ3n) is 6.62. The van der Waals surface area contributed by atoms with Gasteiger partial charge in [-0.1, -0.05) is 57.2 Å². The first-order chi connectivity index (χ1) is 19.2. The summed E-state index contributed by atoms with van der Waals surface area (Å²) in [6.07, 6.45) is 0. The lowest BCUT2D eigenvalue weighted by Gasteiger charge is -2.47. The zero-order valence-electron chi connectivity index (χ0n) is 24.3. The summed E-state index contributed by atoms with van der Waals surface area (Å²) in [7, 11) is 0. The predicted molar refractivity (Wildman–Crippen MR) is 160 cm³/mol. The van der Waals surface area contributed by atoms with Gasteiger partial charge in [0.1, 0.15) is 22.4 Å². The third-order valence-corrected chi connectivity index (χ3v) is 7.86. The minimum atomic E-state index is -0.602. The molecule has 0 radical (unpaired) electrons.